The summed E-state index contributed by atoms with van der Waals surface area (Å²) in [5.41, 5.74) is 1.30. The lowest BCUT2D eigenvalue weighted by Crippen LogP contribution is -2.20. The van der Waals surface area contributed by atoms with Gasteiger partial charge in [0.15, 0.2) is 0 Å². The maximum atomic E-state index is 10.5. The Labute approximate surface area is 94.8 Å². The fourth-order valence-electron chi connectivity index (χ4n) is 1.79. The maximum Gasteiger partial charge on any atom is 0.269 e. The van der Waals surface area contributed by atoms with Crippen LogP contribution in [0, 0.1) is 16.0 Å². The largest absolute Gasteiger partial charge is 0.313 e. The van der Waals surface area contributed by atoms with Gasteiger partial charge in [-0.1, -0.05) is 19.1 Å². The highest BCUT2D eigenvalue weighted by Gasteiger charge is 2.31. The third-order valence-corrected chi connectivity index (χ3v) is 3.08. The molecular weight excluding hydrogens is 204 g/mol. The number of non-ortho nitro benzene ring substituents is 1. The third-order valence-electron chi connectivity index (χ3n) is 3.08. The van der Waals surface area contributed by atoms with E-state index >= 15 is 0 Å². The van der Waals surface area contributed by atoms with Crippen molar-refractivity contribution in [3.8, 4) is 0 Å². The van der Waals surface area contributed by atoms with E-state index in [2.05, 4.69) is 12.2 Å². The van der Waals surface area contributed by atoms with Crippen molar-refractivity contribution >= 4 is 5.69 Å². The number of hydrogen-bond donors (Lipinski definition) is 1. The van der Waals surface area contributed by atoms with Gasteiger partial charge in [0.25, 0.3) is 5.69 Å². The van der Waals surface area contributed by atoms with Gasteiger partial charge in [-0.15, -0.1) is 0 Å². The van der Waals surface area contributed by atoms with Crippen LogP contribution in [0.3, 0.4) is 0 Å². The summed E-state index contributed by atoms with van der Waals surface area (Å²) in [6, 6.07) is 7.48. The summed E-state index contributed by atoms with van der Waals surface area (Å²) in [7, 11) is 0. The number of nitro groups is 1. The summed E-state index contributed by atoms with van der Waals surface area (Å²) in [5.74, 6) is 0.817. The van der Waals surface area contributed by atoms with E-state index in [1.807, 2.05) is 12.1 Å². The Kier molecular flexibility index (Phi) is 3.19. The molecule has 1 saturated carbocycles. The fourth-order valence-corrected chi connectivity index (χ4v) is 1.79. The molecule has 0 bridgehead atoms. The Morgan fingerprint density at radius 2 is 2.06 bits per heavy atom. The normalized spacial score (nSPS) is 23.1. The molecule has 1 aliphatic rings. The second-order valence-corrected chi connectivity index (χ2v) is 4.45. The lowest BCUT2D eigenvalue weighted by Gasteiger charge is -2.03. The zero-order valence-electron chi connectivity index (χ0n) is 9.35. The molecule has 0 heterocycles. The first kappa shape index (κ1) is 11.1. The average molecular weight is 220 g/mol. The molecule has 0 aromatic heterocycles. The first-order valence-electron chi connectivity index (χ1n) is 5.63. The number of hydrogen-bond acceptors (Lipinski definition) is 3. The van der Waals surface area contributed by atoms with Crippen LogP contribution in [0.1, 0.15) is 18.9 Å². The van der Waals surface area contributed by atoms with Crippen molar-refractivity contribution in [2.75, 3.05) is 6.54 Å². The molecule has 0 radical (unpaired) electrons. The molecule has 1 N–H and O–H groups in total. The van der Waals surface area contributed by atoms with Gasteiger partial charge in [-0.2, -0.15) is 0 Å². The molecular formula is C12H16N2O2. The molecule has 0 saturated heterocycles. The van der Waals surface area contributed by atoms with Crippen molar-refractivity contribution in [1.82, 2.24) is 5.32 Å². The minimum atomic E-state index is -0.367. The number of nitrogens with zero attached hydrogens (tertiary/aromatic N) is 1. The average Bonchev–Trinajstić information content (AvgIpc) is 2.95. The molecule has 1 aromatic rings. The maximum absolute atomic E-state index is 10.5. The molecule has 4 heteroatoms. The van der Waals surface area contributed by atoms with E-state index < -0.39 is 0 Å². The number of benzene rings is 1. The lowest BCUT2D eigenvalue weighted by molar-refractivity contribution is -0.384. The molecule has 0 amide bonds. The minimum Gasteiger partial charge on any atom is -0.313 e. The molecule has 4 nitrogen and oxygen atoms in total. The van der Waals surface area contributed by atoms with Gasteiger partial charge in [0.05, 0.1) is 4.92 Å². The fraction of sp³-hybridized carbons (Fsp3) is 0.500. The van der Waals surface area contributed by atoms with E-state index in [-0.39, 0.29) is 10.6 Å². The smallest absolute Gasteiger partial charge is 0.269 e. The summed E-state index contributed by atoms with van der Waals surface area (Å²) in [5, 5.41) is 13.9. The van der Waals surface area contributed by atoms with Gasteiger partial charge in [-0.25, -0.2) is 0 Å². The lowest BCUT2D eigenvalue weighted by atomic mass is 10.1. The predicted molar refractivity (Wildman–Crippen MR) is 62.4 cm³/mol. The van der Waals surface area contributed by atoms with E-state index in [1.165, 1.54) is 6.42 Å². The van der Waals surface area contributed by atoms with Crippen molar-refractivity contribution in [1.29, 1.82) is 0 Å². The quantitative estimate of drug-likeness (QED) is 0.611. The molecule has 2 unspecified atom stereocenters. The van der Waals surface area contributed by atoms with Crippen LogP contribution in [-0.2, 0) is 6.42 Å². The van der Waals surface area contributed by atoms with Crippen molar-refractivity contribution in [3.63, 3.8) is 0 Å². The van der Waals surface area contributed by atoms with E-state index in [0.29, 0.717) is 6.04 Å². The first-order valence-corrected chi connectivity index (χ1v) is 5.63. The van der Waals surface area contributed by atoms with Crippen LogP contribution in [0.4, 0.5) is 5.69 Å². The Balaban J connectivity index is 1.78. The van der Waals surface area contributed by atoms with Gasteiger partial charge < -0.3 is 5.32 Å². The molecule has 1 aromatic carbocycles. The van der Waals surface area contributed by atoms with E-state index in [4.69, 9.17) is 0 Å². The standard InChI is InChI=1S/C12H16N2O2/c1-9-8-12(9)13-7-6-10-2-4-11(5-3-10)14(15)16/h2-5,9,12-13H,6-8H2,1H3. The van der Waals surface area contributed by atoms with Crippen LogP contribution < -0.4 is 5.32 Å². The van der Waals surface area contributed by atoms with Crippen LogP contribution in [0.5, 0.6) is 0 Å². The highest BCUT2D eigenvalue weighted by Crippen LogP contribution is 2.28. The Morgan fingerprint density at radius 3 is 2.56 bits per heavy atom. The molecule has 16 heavy (non-hydrogen) atoms. The van der Waals surface area contributed by atoms with Gasteiger partial charge in [-0.3, -0.25) is 10.1 Å². The first-order chi connectivity index (χ1) is 7.66. The second kappa shape index (κ2) is 4.61. The Bertz CT molecular complexity index is 375. The second-order valence-electron chi connectivity index (χ2n) is 4.45. The highest BCUT2D eigenvalue weighted by atomic mass is 16.6. The van der Waals surface area contributed by atoms with Crippen molar-refractivity contribution < 1.29 is 4.92 Å². The van der Waals surface area contributed by atoms with E-state index in [9.17, 15) is 10.1 Å². The van der Waals surface area contributed by atoms with E-state index in [1.54, 1.807) is 12.1 Å². The molecule has 86 valence electrons. The summed E-state index contributed by atoms with van der Waals surface area (Å²) in [6.45, 7) is 3.19. The molecule has 2 rings (SSSR count). The molecule has 2 atom stereocenters. The van der Waals surface area contributed by atoms with E-state index in [0.717, 1.165) is 24.4 Å². The topological polar surface area (TPSA) is 55.2 Å². The number of rotatable bonds is 5. The molecule has 1 fully saturated rings. The van der Waals surface area contributed by atoms with Gasteiger partial charge in [-0.05, 0) is 30.9 Å². The summed E-state index contributed by atoms with van der Waals surface area (Å²) < 4.78 is 0. The Hall–Kier alpha value is -1.42. The predicted octanol–water partition coefficient (Wildman–Crippen LogP) is 2.14. The highest BCUT2D eigenvalue weighted by molar-refractivity contribution is 5.32. The number of nitro benzene ring substituents is 1. The number of nitrogens with one attached hydrogen (secondary N) is 1. The Morgan fingerprint density at radius 1 is 1.44 bits per heavy atom. The third kappa shape index (κ3) is 2.79. The van der Waals surface area contributed by atoms with Crippen LogP contribution in [0.15, 0.2) is 24.3 Å². The summed E-state index contributed by atoms with van der Waals surface area (Å²) in [4.78, 5) is 10.1. The van der Waals surface area contributed by atoms with Crippen molar-refractivity contribution in [2.45, 2.75) is 25.8 Å². The monoisotopic (exact) mass is 220 g/mol. The van der Waals surface area contributed by atoms with Gasteiger partial charge in [0.1, 0.15) is 0 Å². The van der Waals surface area contributed by atoms with Gasteiger partial charge in [0, 0.05) is 18.2 Å². The van der Waals surface area contributed by atoms with Crippen LogP contribution in [0.2, 0.25) is 0 Å². The summed E-state index contributed by atoms with van der Waals surface area (Å²) >= 11 is 0. The van der Waals surface area contributed by atoms with Crippen LogP contribution in [-0.4, -0.2) is 17.5 Å². The zero-order valence-corrected chi connectivity index (χ0v) is 9.35. The van der Waals surface area contributed by atoms with Crippen LogP contribution >= 0.6 is 0 Å². The molecule has 0 spiro atoms. The van der Waals surface area contributed by atoms with Crippen LogP contribution in [0.25, 0.3) is 0 Å². The van der Waals surface area contributed by atoms with Crippen molar-refractivity contribution in [2.24, 2.45) is 5.92 Å². The van der Waals surface area contributed by atoms with Gasteiger partial charge in [0.2, 0.25) is 0 Å². The minimum absolute atomic E-state index is 0.160. The summed E-state index contributed by atoms with van der Waals surface area (Å²) in [6.07, 6.45) is 2.21. The zero-order chi connectivity index (χ0) is 11.5. The molecule has 1 aliphatic carbocycles. The molecule has 0 aliphatic heterocycles. The van der Waals surface area contributed by atoms with Crippen molar-refractivity contribution in [3.05, 3.63) is 39.9 Å². The van der Waals surface area contributed by atoms with Gasteiger partial charge >= 0.3 is 0 Å². The SMILES string of the molecule is CC1CC1NCCc1ccc([N+](=O)[O-])cc1.